The number of aromatic nitrogens is 1. The van der Waals surface area contributed by atoms with E-state index < -0.39 is 11.9 Å². The number of amides is 1. The number of thiazole rings is 1. The summed E-state index contributed by atoms with van der Waals surface area (Å²) < 4.78 is 9.86. The highest BCUT2D eigenvalue weighted by atomic mass is 32.1. The summed E-state index contributed by atoms with van der Waals surface area (Å²) in [6.07, 6.45) is 0.0459. The molecular formula is C16H16N2O5S. The van der Waals surface area contributed by atoms with Crippen molar-refractivity contribution in [2.75, 3.05) is 11.9 Å². The van der Waals surface area contributed by atoms with E-state index in [1.165, 1.54) is 24.3 Å². The first-order chi connectivity index (χ1) is 11.5. The summed E-state index contributed by atoms with van der Waals surface area (Å²) >= 11 is 1.19. The van der Waals surface area contributed by atoms with Crippen molar-refractivity contribution in [3.8, 4) is 5.75 Å². The summed E-state index contributed by atoms with van der Waals surface area (Å²) in [5.74, 6) is -1.17. The van der Waals surface area contributed by atoms with Gasteiger partial charge in [-0.05, 0) is 19.1 Å². The first-order valence-electron chi connectivity index (χ1n) is 7.18. The number of hydrogen-bond acceptors (Lipinski definition) is 7. The Morgan fingerprint density at radius 2 is 2.00 bits per heavy atom. The van der Waals surface area contributed by atoms with E-state index in [0.717, 1.165) is 0 Å². The Bertz CT molecular complexity index is 756. The minimum atomic E-state index is -0.513. The van der Waals surface area contributed by atoms with E-state index in [1.807, 2.05) is 0 Å². The number of hydrogen-bond donors (Lipinski definition) is 1. The Labute approximate surface area is 142 Å². The molecule has 1 aromatic carbocycles. The molecule has 1 heterocycles. The van der Waals surface area contributed by atoms with Crippen LogP contribution in [0.15, 0.2) is 29.6 Å². The molecule has 7 nitrogen and oxygen atoms in total. The quantitative estimate of drug-likeness (QED) is 0.636. The van der Waals surface area contributed by atoms with E-state index in [-0.39, 0.29) is 23.7 Å². The standard InChI is InChI=1S/C16H16N2O5S/c1-3-22-14(20)8-11-9-24-16(17-11)18-15(21)12-6-4-5-7-13(12)23-10(2)19/h4-7,9H,3,8H2,1-2H3,(H,17,18,21). The summed E-state index contributed by atoms with van der Waals surface area (Å²) in [4.78, 5) is 39.0. The van der Waals surface area contributed by atoms with E-state index in [9.17, 15) is 14.4 Å². The second-order valence-electron chi connectivity index (χ2n) is 4.67. The van der Waals surface area contributed by atoms with Gasteiger partial charge in [0.2, 0.25) is 0 Å². The monoisotopic (exact) mass is 348 g/mol. The average Bonchev–Trinajstić information content (AvgIpc) is 2.94. The normalized spacial score (nSPS) is 10.1. The van der Waals surface area contributed by atoms with E-state index in [0.29, 0.717) is 17.4 Å². The molecule has 24 heavy (non-hydrogen) atoms. The molecule has 2 rings (SSSR count). The number of rotatable bonds is 6. The molecule has 0 aliphatic rings. The van der Waals surface area contributed by atoms with Gasteiger partial charge in [-0.3, -0.25) is 19.7 Å². The van der Waals surface area contributed by atoms with Gasteiger partial charge in [0, 0.05) is 12.3 Å². The summed E-state index contributed by atoms with van der Waals surface area (Å²) in [6, 6.07) is 6.40. The van der Waals surface area contributed by atoms with Crippen LogP contribution in [-0.2, 0) is 20.7 Å². The molecule has 0 aliphatic carbocycles. The van der Waals surface area contributed by atoms with Crippen LogP contribution >= 0.6 is 11.3 Å². The Morgan fingerprint density at radius 1 is 1.25 bits per heavy atom. The molecule has 2 aromatic rings. The predicted octanol–water partition coefficient (Wildman–Crippen LogP) is 2.43. The van der Waals surface area contributed by atoms with Gasteiger partial charge in [0.25, 0.3) is 5.91 Å². The SMILES string of the molecule is CCOC(=O)Cc1csc(NC(=O)c2ccccc2OC(C)=O)n1. The van der Waals surface area contributed by atoms with Crippen molar-refractivity contribution in [3.05, 3.63) is 40.9 Å². The van der Waals surface area contributed by atoms with Crippen molar-refractivity contribution in [3.63, 3.8) is 0 Å². The number of nitrogens with zero attached hydrogens (tertiary/aromatic N) is 1. The third kappa shape index (κ3) is 4.88. The zero-order valence-electron chi connectivity index (χ0n) is 13.2. The highest BCUT2D eigenvalue weighted by molar-refractivity contribution is 7.14. The lowest BCUT2D eigenvalue weighted by Gasteiger charge is -2.07. The van der Waals surface area contributed by atoms with Gasteiger partial charge >= 0.3 is 11.9 Å². The number of para-hydroxylation sites is 1. The summed E-state index contributed by atoms with van der Waals surface area (Å²) in [5.41, 5.74) is 0.733. The van der Waals surface area contributed by atoms with Crippen LogP contribution in [0.2, 0.25) is 0 Å². The van der Waals surface area contributed by atoms with Gasteiger partial charge in [0.1, 0.15) is 5.75 Å². The Hall–Kier alpha value is -2.74. The molecule has 0 bridgehead atoms. The zero-order chi connectivity index (χ0) is 17.5. The Morgan fingerprint density at radius 3 is 2.71 bits per heavy atom. The molecule has 0 radical (unpaired) electrons. The van der Waals surface area contributed by atoms with Crippen molar-refractivity contribution in [1.29, 1.82) is 0 Å². The molecule has 1 amide bonds. The van der Waals surface area contributed by atoms with Crippen LogP contribution in [0.3, 0.4) is 0 Å². The van der Waals surface area contributed by atoms with Crippen molar-refractivity contribution < 1.29 is 23.9 Å². The van der Waals surface area contributed by atoms with E-state index in [1.54, 1.807) is 30.5 Å². The molecule has 0 spiro atoms. The zero-order valence-corrected chi connectivity index (χ0v) is 14.0. The van der Waals surface area contributed by atoms with Crippen molar-refractivity contribution in [1.82, 2.24) is 4.98 Å². The maximum Gasteiger partial charge on any atom is 0.311 e. The topological polar surface area (TPSA) is 94.6 Å². The number of carbonyl (C=O) groups is 3. The van der Waals surface area contributed by atoms with Crippen LogP contribution in [0, 0.1) is 0 Å². The molecule has 0 saturated carbocycles. The van der Waals surface area contributed by atoms with Gasteiger partial charge in [-0.25, -0.2) is 4.98 Å². The predicted molar refractivity (Wildman–Crippen MR) is 88.2 cm³/mol. The number of anilines is 1. The fourth-order valence-electron chi connectivity index (χ4n) is 1.87. The van der Waals surface area contributed by atoms with Crippen molar-refractivity contribution in [2.24, 2.45) is 0 Å². The first kappa shape index (κ1) is 17.6. The maximum atomic E-state index is 12.3. The molecule has 0 unspecified atom stereocenters. The molecule has 126 valence electrons. The molecule has 1 aromatic heterocycles. The Kier molecular flexibility index (Phi) is 6.02. The minimum Gasteiger partial charge on any atom is -0.466 e. The molecule has 0 saturated heterocycles. The van der Waals surface area contributed by atoms with E-state index in [2.05, 4.69) is 10.3 Å². The molecular weight excluding hydrogens is 332 g/mol. The third-order valence-electron chi connectivity index (χ3n) is 2.79. The second kappa shape index (κ2) is 8.21. The number of esters is 2. The third-order valence-corrected chi connectivity index (χ3v) is 3.59. The summed E-state index contributed by atoms with van der Waals surface area (Å²) in [5, 5.41) is 4.64. The summed E-state index contributed by atoms with van der Waals surface area (Å²) in [6.45, 7) is 3.29. The largest absolute Gasteiger partial charge is 0.466 e. The highest BCUT2D eigenvalue weighted by Crippen LogP contribution is 2.22. The molecule has 1 N–H and O–H groups in total. The van der Waals surface area contributed by atoms with Crippen LogP contribution in [0.1, 0.15) is 29.9 Å². The number of benzene rings is 1. The van der Waals surface area contributed by atoms with Crippen molar-refractivity contribution >= 4 is 34.3 Å². The number of ether oxygens (including phenoxy) is 2. The van der Waals surface area contributed by atoms with Crippen LogP contribution < -0.4 is 10.1 Å². The number of nitrogens with one attached hydrogen (secondary N) is 1. The smallest absolute Gasteiger partial charge is 0.311 e. The van der Waals surface area contributed by atoms with Gasteiger partial charge in [0.05, 0.1) is 24.3 Å². The molecule has 0 atom stereocenters. The maximum absolute atomic E-state index is 12.3. The second-order valence-corrected chi connectivity index (χ2v) is 5.53. The fraction of sp³-hybridized carbons (Fsp3) is 0.250. The average molecular weight is 348 g/mol. The lowest BCUT2D eigenvalue weighted by Crippen LogP contribution is -2.15. The van der Waals surface area contributed by atoms with Crippen LogP contribution in [0.25, 0.3) is 0 Å². The fourth-order valence-corrected chi connectivity index (χ4v) is 2.57. The molecule has 0 aliphatic heterocycles. The van der Waals surface area contributed by atoms with Gasteiger partial charge in [0.15, 0.2) is 5.13 Å². The van der Waals surface area contributed by atoms with Gasteiger partial charge in [-0.15, -0.1) is 11.3 Å². The molecule has 0 fully saturated rings. The van der Waals surface area contributed by atoms with Gasteiger partial charge in [-0.2, -0.15) is 0 Å². The minimum absolute atomic E-state index is 0.0459. The van der Waals surface area contributed by atoms with E-state index in [4.69, 9.17) is 9.47 Å². The van der Waals surface area contributed by atoms with Gasteiger partial charge in [-0.1, -0.05) is 12.1 Å². The Balaban J connectivity index is 2.07. The highest BCUT2D eigenvalue weighted by Gasteiger charge is 2.16. The number of carbonyl (C=O) groups excluding carboxylic acids is 3. The van der Waals surface area contributed by atoms with E-state index >= 15 is 0 Å². The lowest BCUT2D eigenvalue weighted by molar-refractivity contribution is -0.142. The van der Waals surface area contributed by atoms with Crippen LogP contribution in [0.5, 0.6) is 5.75 Å². The van der Waals surface area contributed by atoms with Crippen LogP contribution in [-0.4, -0.2) is 29.4 Å². The lowest BCUT2D eigenvalue weighted by atomic mass is 10.2. The molecule has 8 heteroatoms. The van der Waals surface area contributed by atoms with Crippen molar-refractivity contribution in [2.45, 2.75) is 20.3 Å². The van der Waals surface area contributed by atoms with Crippen LogP contribution in [0.4, 0.5) is 5.13 Å². The summed E-state index contributed by atoms with van der Waals surface area (Å²) in [7, 11) is 0. The first-order valence-corrected chi connectivity index (χ1v) is 8.06. The van der Waals surface area contributed by atoms with Gasteiger partial charge < -0.3 is 9.47 Å².